The fourth-order valence-electron chi connectivity index (χ4n) is 2.39. The number of carbonyl (C=O) groups excluding carboxylic acids is 1. The minimum Gasteiger partial charge on any atom is -0.497 e. The number of carbonyl (C=O) groups is 1. The van der Waals surface area contributed by atoms with Crippen molar-refractivity contribution in [2.24, 2.45) is 5.92 Å². The van der Waals surface area contributed by atoms with Crippen molar-refractivity contribution in [3.8, 4) is 11.5 Å². The van der Waals surface area contributed by atoms with Crippen molar-refractivity contribution in [1.29, 1.82) is 0 Å². The maximum Gasteiger partial charge on any atom is 0.223 e. The molecule has 0 saturated carbocycles. The van der Waals surface area contributed by atoms with Crippen LogP contribution in [0.4, 0.5) is 0 Å². The molecule has 0 aliphatic heterocycles. The second-order valence-corrected chi connectivity index (χ2v) is 6.84. The minimum absolute atomic E-state index is 0.0441. The van der Waals surface area contributed by atoms with E-state index in [2.05, 4.69) is 17.4 Å². The SMILES string of the molecule is COc1ccc(OC)c(CCNC(=O)C(C)CSc2ccccc2)c1. The fourth-order valence-corrected chi connectivity index (χ4v) is 3.33. The Morgan fingerprint density at radius 3 is 2.56 bits per heavy atom. The Morgan fingerprint density at radius 1 is 1.12 bits per heavy atom. The Balaban J connectivity index is 1.79. The van der Waals surface area contributed by atoms with Crippen LogP contribution in [0, 0.1) is 5.92 Å². The molecule has 4 nitrogen and oxygen atoms in total. The molecule has 0 aliphatic carbocycles. The molecule has 0 heterocycles. The molecule has 0 spiro atoms. The van der Waals surface area contributed by atoms with E-state index in [1.807, 2.05) is 43.3 Å². The molecule has 25 heavy (non-hydrogen) atoms. The number of methoxy groups -OCH3 is 2. The van der Waals surface area contributed by atoms with Gasteiger partial charge in [-0.25, -0.2) is 0 Å². The predicted octanol–water partition coefficient (Wildman–Crippen LogP) is 3.79. The van der Waals surface area contributed by atoms with Crippen molar-refractivity contribution in [2.45, 2.75) is 18.2 Å². The molecule has 1 unspecified atom stereocenters. The molecule has 2 aromatic rings. The van der Waals surface area contributed by atoms with Gasteiger partial charge in [0.1, 0.15) is 11.5 Å². The van der Waals surface area contributed by atoms with Gasteiger partial charge in [0.05, 0.1) is 14.2 Å². The van der Waals surface area contributed by atoms with Crippen LogP contribution in [-0.2, 0) is 11.2 Å². The van der Waals surface area contributed by atoms with E-state index < -0.39 is 0 Å². The van der Waals surface area contributed by atoms with Crippen LogP contribution >= 0.6 is 11.8 Å². The third-order valence-corrected chi connectivity index (χ3v) is 5.14. The van der Waals surface area contributed by atoms with Crippen molar-refractivity contribution < 1.29 is 14.3 Å². The number of hydrogen-bond acceptors (Lipinski definition) is 4. The highest BCUT2D eigenvalue weighted by molar-refractivity contribution is 7.99. The van der Waals surface area contributed by atoms with Gasteiger partial charge in [0.2, 0.25) is 5.91 Å². The summed E-state index contributed by atoms with van der Waals surface area (Å²) < 4.78 is 10.6. The largest absolute Gasteiger partial charge is 0.497 e. The zero-order chi connectivity index (χ0) is 18.1. The lowest BCUT2D eigenvalue weighted by molar-refractivity contribution is -0.123. The summed E-state index contributed by atoms with van der Waals surface area (Å²) in [6, 6.07) is 15.8. The molecule has 0 saturated heterocycles. The quantitative estimate of drug-likeness (QED) is 0.692. The molecule has 0 bridgehead atoms. The minimum atomic E-state index is -0.0441. The summed E-state index contributed by atoms with van der Waals surface area (Å²) in [6.07, 6.45) is 0.699. The lowest BCUT2D eigenvalue weighted by Crippen LogP contribution is -2.32. The predicted molar refractivity (Wildman–Crippen MR) is 103 cm³/mol. The van der Waals surface area contributed by atoms with E-state index >= 15 is 0 Å². The molecule has 5 heteroatoms. The zero-order valence-electron chi connectivity index (χ0n) is 15.0. The summed E-state index contributed by atoms with van der Waals surface area (Å²) >= 11 is 1.70. The second-order valence-electron chi connectivity index (χ2n) is 5.74. The number of rotatable bonds is 9. The molecule has 1 N–H and O–H groups in total. The third kappa shape index (κ3) is 6.02. The highest BCUT2D eigenvalue weighted by Crippen LogP contribution is 2.24. The Bertz CT molecular complexity index is 676. The van der Waals surface area contributed by atoms with Crippen LogP contribution in [0.25, 0.3) is 0 Å². The van der Waals surface area contributed by atoms with Gasteiger partial charge < -0.3 is 14.8 Å². The van der Waals surface area contributed by atoms with Crippen LogP contribution in [0.1, 0.15) is 12.5 Å². The number of hydrogen-bond donors (Lipinski definition) is 1. The summed E-state index contributed by atoms with van der Waals surface area (Å²) in [7, 11) is 3.28. The molecule has 1 atom stereocenters. The van der Waals surface area contributed by atoms with Crippen molar-refractivity contribution in [3.05, 3.63) is 54.1 Å². The normalized spacial score (nSPS) is 11.6. The molecule has 0 aromatic heterocycles. The number of nitrogens with one attached hydrogen (secondary N) is 1. The number of benzene rings is 2. The van der Waals surface area contributed by atoms with Gasteiger partial charge in [-0.15, -0.1) is 11.8 Å². The van der Waals surface area contributed by atoms with E-state index in [1.54, 1.807) is 26.0 Å². The molecule has 1 amide bonds. The molecule has 0 radical (unpaired) electrons. The molecule has 0 aliphatic rings. The van der Waals surface area contributed by atoms with Crippen LogP contribution in [-0.4, -0.2) is 32.4 Å². The van der Waals surface area contributed by atoms with Gasteiger partial charge in [0.15, 0.2) is 0 Å². The van der Waals surface area contributed by atoms with Crippen molar-refractivity contribution in [1.82, 2.24) is 5.32 Å². The molecule has 2 rings (SSSR count). The summed E-state index contributed by atoms with van der Waals surface area (Å²) in [6.45, 7) is 2.53. The first kappa shape index (κ1) is 19.2. The zero-order valence-corrected chi connectivity index (χ0v) is 15.8. The van der Waals surface area contributed by atoms with E-state index in [1.165, 1.54) is 4.90 Å². The number of thioether (sulfide) groups is 1. The first-order valence-corrected chi connectivity index (χ1v) is 9.29. The van der Waals surface area contributed by atoms with Crippen molar-refractivity contribution in [2.75, 3.05) is 26.5 Å². The van der Waals surface area contributed by atoms with Gasteiger partial charge in [-0.1, -0.05) is 25.1 Å². The van der Waals surface area contributed by atoms with E-state index in [9.17, 15) is 4.79 Å². The van der Waals surface area contributed by atoms with Crippen molar-refractivity contribution in [3.63, 3.8) is 0 Å². The van der Waals surface area contributed by atoms with Gasteiger partial charge in [0, 0.05) is 23.1 Å². The Labute approximate surface area is 153 Å². The van der Waals surface area contributed by atoms with Gasteiger partial charge in [-0.3, -0.25) is 4.79 Å². The monoisotopic (exact) mass is 359 g/mol. The number of ether oxygens (including phenoxy) is 2. The topological polar surface area (TPSA) is 47.6 Å². The summed E-state index contributed by atoms with van der Waals surface area (Å²) in [4.78, 5) is 13.4. The molecule has 134 valence electrons. The lowest BCUT2D eigenvalue weighted by Gasteiger charge is -2.13. The Hall–Kier alpha value is -2.14. The van der Waals surface area contributed by atoms with Gasteiger partial charge in [-0.05, 0) is 42.3 Å². The summed E-state index contributed by atoms with van der Waals surface area (Å²) in [5.41, 5.74) is 1.02. The number of amides is 1. The third-order valence-electron chi connectivity index (χ3n) is 3.87. The maximum atomic E-state index is 12.3. The average molecular weight is 359 g/mol. The Kier molecular flexibility index (Phi) is 7.67. The van der Waals surface area contributed by atoms with E-state index in [-0.39, 0.29) is 11.8 Å². The van der Waals surface area contributed by atoms with E-state index in [0.717, 1.165) is 22.8 Å². The molecule has 0 fully saturated rings. The van der Waals surface area contributed by atoms with Gasteiger partial charge in [-0.2, -0.15) is 0 Å². The maximum absolute atomic E-state index is 12.3. The molecular weight excluding hydrogens is 334 g/mol. The smallest absolute Gasteiger partial charge is 0.223 e. The van der Waals surface area contributed by atoms with Crippen LogP contribution in [0.2, 0.25) is 0 Å². The van der Waals surface area contributed by atoms with Crippen LogP contribution in [0.3, 0.4) is 0 Å². The highest BCUT2D eigenvalue weighted by atomic mass is 32.2. The standard InChI is InChI=1S/C20H25NO3S/c1-15(14-25-18-7-5-4-6-8-18)20(22)21-12-11-16-13-17(23-2)9-10-19(16)24-3/h4-10,13,15H,11-12,14H2,1-3H3,(H,21,22). The van der Waals surface area contributed by atoms with Crippen LogP contribution in [0.15, 0.2) is 53.4 Å². The van der Waals surface area contributed by atoms with Crippen molar-refractivity contribution >= 4 is 17.7 Å². The van der Waals surface area contributed by atoms with E-state index in [4.69, 9.17) is 9.47 Å². The average Bonchev–Trinajstić information content (AvgIpc) is 2.66. The van der Waals surface area contributed by atoms with Gasteiger partial charge in [0.25, 0.3) is 0 Å². The summed E-state index contributed by atoms with van der Waals surface area (Å²) in [5.74, 6) is 2.39. The second kappa shape index (κ2) is 9.99. The van der Waals surface area contributed by atoms with Crippen LogP contribution in [0.5, 0.6) is 11.5 Å². The lowest BCUT2D eigenvalue weighted by atomic mass is 10.1. The summed E-state index contributed by atoms with van der Waals surface area (Å²) in [5, 5.41) is 3.01. The fraction of sp³-hybridized carbons (Fsp3) is 0.350. The highest BCUT2D eigenvalue weighted by Gasteiger charge is 2.13. The van der Waals surface area contributed by atoms with E-state index in [0.29, 0.717) is 13.0 Å². The Morgan fingerprint density at radius 2 is 1.88 bits per heavy atom. The first-order valence-electron chi connectivity index (χ1n) is 8.30. The van der Waals surface area contributed by atoms with Gasteiger partial charge >= 0.3 is 0 Å². The molecular formula is C20H25NO3S. The first-order chi connectivity index (χ1) is 12.1. The molecule has 2 aromatic carbocycles. The van der Waals surface area contributed by atoms with Crippen LogP contribution < -0.4 is 14.8 Å².